The summed E-state index contributed by atoms with van der Waals surface area (Å²) in [5.74, 6) is 22.8. The fourth-order valence-electron chi connectivity index (χ4n) is 18.6. The zero-order valence-electron chi connectivity index (χ0n) is 35.4. The van der Waals surface area contributed by atoms with Gasteiger partial charge in [0.25, 0.3) is 0 Å². The minimum Gasteiger partial charge on any atom is -0.496 e. The molecular weight excluding hydrogens is 733 g/mol. The van der Waals surface area contributed by atoms with E-state index in [1.807, 2.05) is 67.8 Å². The largest absolute Gasteiger partial charge is 0.496 e. The zero-order chi connectivity index (χ0) is 39.6. The normalized spacial score (nSPS) is 42.1. The quantitative estimate of drug-likeness (QED) is 0.138. The monoisotopic (exact) mass is 790 g/mol. The predicted molar refractivity (Wildman–Crippen MR) is 234 cm³/mol. The SMILES string of the molecule is COc1cc(Oc2ccc(C(=O)c3cccc(C#Cc4ccc(C)cc4)c3)cc2)c(C23CC4C5CC6CC4C(C2)C(C6)C5C3)cc1C12CC3C4CC5CC3C(C1)C(C5)C4C2. The number of hydrogen-bond acceptors (Lipinski definition) is 3. The van der Waals surface area contributed by atoms with Gasteiger partial charge in [-0.2, -0.15) is 0 Å². The molecule has 0 aromatic heterocycles. The van der Waals surface area contributed by atoms with Crippen molar-refractivity contribution in [1.29, 1.82) is 0 Å². The second-order valence-electron chi connectivity index (χ2n) is 22.6. The number of methoxy groups -OCH3 is 1. The first-order valence-corrected chi connectivity index (χ1v) is 24.1. The highest BCUT2D eigenvalue weighted by atomic mass is 16.5. The highest BCUT2D eigenvalue weighted by molar-refractivity contribution is 6.09. The number of ketones is 1. The van der Waals surface area contributed by atoms with Gasteiger partial charge in [0.2, 0.25) is 0 Å². The van der Waals surface area contributed by atoms with Crippen LogP contribution in [0.25, 0.3) is 0 Å². The van der Waals surface area contributed by atoms with Crippen molar-refractivity contribution in [3.63, 3.8) is 0 Å². The first kappa shape index (κ1) is 35.3. The predicted octanol–water partition coefficient (Wildman–Crippen LogP) is 12.3. The highest BCUT2D eigenvalue weighted by Gasteiger charge is 2.70. The maximum atomic E-state index is 13.9. The van der Waals surface area contributed by atoms with Gasteiger partial charge >= 0.3 is 0 Å². The molecule has 4 aromatic carbocycles. The highest BCUT2D eigenvalue weighted by Crippen LogP contribution is 2.77. The molecule has 0 amide bonds. The molecule has 0 radical (unpaired) electrons. The van der Waals surface area contributed by atoms with Crippen molar-refractivity contribution < 1.29 is 14.3 Å². The molecule has 14 fully saturated rings. The van der Waals surface area contributed by atoms with Gasteiger partial charge < -0.3 is 9.47 Å². The van der Waals surface area contributed by atoms with Crippen LogP contribution in [-0.2, 0) is 10.8 Å². The van der Waals surface area contributed by atoms with E-state index in [1.54, 1.807) is 5.56 Å². The second-order valence-corrected chi connectivity index (χ2v) is 22.6. The lowest BCUT2D eigenvalue weighted by atomic mass is 9.32. The summed E-state index contributed by atoms with van der Waals surface area (Å²) in [5, 5.41) is 0. The molecule has 14 aliphatic carbocycles. The van der Waals surface area contributed by atoms with Gasteiger partial charge in [0.15, 0.2) is 5.78 Å². The van der Waals surface area contributed by atoms with Crippen LogP contribution in [-0.4, -0.2) is 12.9 Å². The van der Waals surface area contributed by atoms with Crippen LogP contribution in [0.1, 0.15) is 121 Å². The minimum absolute atomic E-state index is 0.00160. The van der Waals surface area contributed by atoms with E-state index in [-0.39, 0.29) is 16.6 Å². The Hall–Kier alpha value is -4.29. The summed E-state index contributed by atoms with van der Waals surface area (Å²) in [6.45, 7) is 2.08. The fourth-order valence-corrected chi connectivity index (χ4v) is 18.6. The van der Waals surface area contributed by atoms with E-state index in [2.05, 4.69) is 43.0 Å². The number of rotatable bonds is 7. The molecule has 0 unspecified atom stereocenters. The number of ether oxygens (including phenoxy) is 2. The number of hydrogen-bond donors (Lipinski definition) is 0. The summed E-state index contributed by atoms with van der Waals surface area (Å²) in [7, 11) is 1.91. The summed E-state index contributed by atoms with van der Waals surface area (Å²) >= 11 is 0. The lowest BCUT2D eigenvalue weighted by molar-refractivity contribution is -0.213. The van der Waals surface area contributed by atoms with Crippen molar-refractivity contribution in [2.75, 3.05) is 7.11 Å². The average molecular weight is 791 g/mol. The standard InChI is InChI=1S/C57H58O3/c1-31-6-8-32(9-7-31)10-11-33-4-3-5-37(16-33)55(58)36-12-14-38(15-13-36)60-54-24-53(59-2)51(56-25-45-39-17-34-18-40(45)47(27-56)41(19-34)46(39)26-56)23-52(54)57-28-48-42-20-35-21-43(48)50(30-57)44(22-35)49(42)29-57/h3-9,12-16,23-24,34-35,39-50H,17-22,25-30H2,1-2H3. The van der Waals surface area contributed by atoms with Gasteiger partial charge in [0.1, 0.15) is 17.2 Å². The zero-order valence-corrected chi connectivity index (χ0v) is 35.4. The molecule has 0 saturated heterocycles. The fraction of sp³-hybridized carbons (Fsp3) is 0.526. The Labute approximate surface area is 356 Å². The van der Waals surface area contributed by atoms with E-state index in [1.165, 1.54) is 88.2 Å². The number of carbonyl (C=O) groups excluding carboxylic acids is 1. The maximum absolute atomic E-state index is 13.9. The van der Waals surface area contributed by atoms with E-state index in [0.29, 0.717) is 11.1 Å². The smallest absolute Gasteiger partial charge is 0.193 e. The molecule has 0 heterocycles. The maximum Gasteiger partial charge on any atom is 0.193 e. The molecule has 4 aromatic rings. The average Bonchev–Trinajstić information content (AvgIpc) is 3.29. The molecule has 14 saturated carbocycles. The number of aryl methyl sites for hydroxylation is 1. The van der Waals surface area contributed by atoms with Gasteiger partial charge in [-0.3, -0.25) is 4.79 Å². The Morgan fingerprint density at radius 1 is 0.517 bits per heavy atom. The summed E-state index contributed by atoms with van der Waals surface area (Å²) in [5.41, 5.74) is 7.83. The minimum atomic E-state index is 0.00160. The molecular formula is C57H58O3. The lowest BCUT2D eigenvalue weighted by Gasteiger charge is -2.73. The van der Waals surface area contributed by atoms with E-state index >= 15 is 0 Å². The van der Waals surface area contributed by atoms with Gasteiger partial charge in [-0.15, -0.1) is 0 Å². The van der Waals surface area contributed by atoms with Gasteiger partial charge in [-0.1, -0.05) is 41.7 Å². The second kappa shape index (κ2) is 12.4. The third kappa shape index (κ3) is 4.89. The van der Waals surface area contributed by atoms with Crippen molar-refractivity contribution in [3.05, 3.63) is 124 Å². The third-order valence-electron chi connectivity index (χ3n) is 20.3. The van der Waals surface area contributed by atoms with Gasteiger partial charge in [-0.25, -0.2) is 0 Å². The Kier molecular flexibility index (Phi) is 7.31. The molecule has 0 spiro atoms. The molecule has 304 valence electrons. The summed E-state index contributed by atoms with van der Waals surface area (Å²) in [6.07, 6.45) is 17.3. The van der Waals surface area contributed by atoms with Crippen molar-refractivity contribution in [3.8, 4) is 29.1 Å². The van der Waals surface area contributed by atoms with Crippen LogP contribution in [0.15, 0.2) is 84.9 Å². The van der Waals surface area contributed by atoms with E-state index < -0.39 is 0 Å². The molecule has 16 bridgehead atoms. The molecule has 0 atom stereocenters. The number of carbonyl (C=O) groups is 1. The molecule has 0 aliphatic heterocycles. The van der Waals surface area contributed by atoms with Crippen molar-refractivity contribution in [1.82, 2.24) is 0 Å². The van der Waals surface area contributed by atoms with E-state index in [9.17, 15) is 4.79 Å². The molecule has 3 heteroatoms. The van der Waals surface area contributed by atoms with Crippen LogP contribution in [0.4, 0.5) is 0 Å². The van der Waals surface area contributed by atoms with Crippen LogP contribution >= 0.6 is 0 Å². The van der Waals surface area contributed by atoms with Crippen LogP contribution < -0.4 is 9.47 Å². The molecule has 18 rings (SSSR count). The first-order chi connectivity index (χ1) is 29.3. The Morgan fingerprint density at radius 2 is 1.00 bits per heavy atom. The van der Waals surface area contributed by atoms with Crippen LogP contribution in [0.3, 0.4) is 0 Å². The van der Waals surface area contributed by atoms with Gasteiger partial charge in [-0.05, 0) is 232 Å². The summed E-state index contributed by atoms with van der Waals surface area (Å²) in [4.78, 5) is 13.9. The van der Waals surface area contributed by atoms with Crippen molar-refractivity contribution in [2.45, 2.75) is 94.8 Å². The summed E-state index contributed by atoms with van der Waals surface area (Å²) < 4.78 is 13.7. The third-order valence-corrected chi connectivity index (χ3v) is 20.3. The van der Waals surface area contributed by atoms with Crippen LogP contribution in [0, 0.1) is 102 Å². The molecule has 0 N–H and O–H groups in total. The lowest BCUT2D eigenvalue weighted by Crippen LogP contribution is -2.66. The summed E-state index contributed by atoms with van der Waals surface area (Å²) in [6, 6.07) is 29.0. The molecule has 14 aliphatic rings. The van der Waals surface area contributed by atoms with Crippen molar-refractivity contribution >= 4 is 5.78 Å². The molecule has 60 heavy (non-hydrogen) atoms. The topological polar surface area (TPSA) is 35.5 Å². The molecule has 3 nitrogen and oxygen atoms in total. The van der Waals surface area contributed by atoms with E-state index in [4.69, 9.17) is 9.47 Å². The Balaban J connectivity index is 0.812. The van der Waals surface area contributed by atoms with Gasteiger partial charge in [0, 0.05) is 39.4 Å². The van der Waals surface area contributed by atoms with Crippen LogP contribution in [0.5, 0.6) is 17.2 Å². The first-order valence-electron chi connectivity index (χ1n) is 24.1. The van der Waals surface area contributed by atoms with Gasteiger partial charge in [0.05, 0.1) is 7.11 Å². The number of benzene rings is 4. The van der Waals surface area contributed by atoms with E-state index in [0.717, 1.165) is 111 Å². The Morgan fingerprint density at radius 3 is 1.50 bits per heavy atom. The van der Waals surface area contributed by atoms with Crippen LogP contribution in [0.2, 0.25) is 0 Å². The van der Waals surface area contributed by atoms with Crippen molar-refractivity contribution in [2.24, 2.45) is 82.9 Å². The Bertz CT molecular complexity index is 2390.